The third-order valence-electron chi connectivity index (χ3n) is 3.76. The first-order valence-corrected chi connectivity index (χ1v) is 7.90. The van der Waals surface area contributed by atoms with Crippen molar-refractivity contribution in [1.82, 2.24) is 19.9 Å². The lowest BCUT2D eigenvalue weighted by molar-refractivity contribution is -0.120. The van der Waals surface area contributed by atoms with Crippen LogP contribution in [0, 0.1) is 0 Å². The van der Waals surface area contributed by atoms with Crippen LogP contribution in [-0.2, 0) is 16.0 Å². The first-order chi connectivity index (χ1) is 15.7. The number of rotatable bonds is 5. The largest absolute Gasteiger partial charge is 0.379 e. The number of nitrogens with zero attached hydrogens (tertiary/aromatic N) is 4. The first-order valence-electron chi connectivity index (χ1n) is 11.9. The lowest BCUT2D eigenvalue weighted by Crippen LogP contribution is -2.39. The summed E-state index contributed by atoms with van der Waals surface area (Å²) in [5.41, 5.74) is 2.33. The number of Topliss-reactive ketones (excluding diaryl/α,β-unsaturated/α-hetero) is 1. The molecule has 0 spiro atoms. The number of morpholine rings is 1. The minimum atomic E-state index is -3.20. The summed E-state index contributed by atoms with van der Waals surface area (Å²) in [5, 5.41) is 0.728. The van der Waals surface area contributed by atoms with Crippen LogP contribution in [-0.4, -0.2) is 58.3 Å². The molecule has 0 bridgehead atoms. The van der Waals surface area contributed by atoms with E-state index in [-0.39, 0.29) is 11.3 Å². The molecule has 1 fully saturated rings. The van der Waals surface area contributed by atoms with Crippen LogP contribution >= 0.6 is 0 Å². The summed E-state index contributed by atoms with van der Waals surface area (Å²) in [6.07, 6.45) is 4.53. The Morgan fingerprint density at radius 3 is 2.92 bits per heavy atom. The van der Waals surface area contributed by atoms with E-state index in [1.54, 1.807) is 24.5 Å². The van der Waals surface area contributed by atoms with Gasteiger partial charge in [-0.05, 0) is 30.3 Å². The molecule has 6 heteroatoms. The van der Waals surface area contributed by atoms with Gasteiger partial charge in [0.25, 0.3) is 0 Å². The van der Waals surface area contributed by atoms with Crippen LogP contribution in [0.1, 0.15) is 16.7 Å². The Balaban J connectivity index is 1.59. The van der Waals surface area contributed by atoms with Crippen molar-refractivity contribution in [2.75, 3.05) is 32.7 Å². The van der Waals surface area contributed by atoms with Gasteiger partial charge in [0.2, 0.25) is 0 Å². The van der Waals surface area contributed by atoms with E-state index in [2.05, 4.69) is 19.7 Å². The molecular weight excluding hydrogens is 328 g/mol. The Morgan fingerprint density at radius 2 is 2.12 bits per heavy atom. The van der Waals surface area contributed by atoms with E-state index in [1.165, 1.54) is 6.20 Å². The second kappa shape index (κ2) is 7.68. The number of fused-ring (bicyclic) bond motifs is 1. The van der Waals surface area contributed by atoms with Crippen LogP contribution in [0.4, 0.5) is 0 Å². The Labute approximate surface area is 163 Å². The molecule has 6 nitrogen and oxygen atoms in total. The molecule has 0 unspecified atom stereocenters. The number of hydrogen-bond acceptors (Lipinski definition) is 6. The number of aromatic nitrogens is 3. The van der Waals surface area contributed by atoms with E-state index in [4.69, 9.17) is 11.0 Å². The molecule has 1 aliphatic heterocycles. The number of pyridine rings is 3. The number of carbonyl (C=O) groups excluding carboxylic acids is 1. The van der Waals surface area contributed by atoms with E-state index >= 15 is 0 Å². The minimum Gasteiger partial charge on any atom is -0.379 e. The highest BCUT2D eigenvalue weighted by molar-refractivity contribution is 5.85. The molecule has 0 N–H and O–H groups in total. The van der Waals surface area contributed by atoms with E-state index in [9.17, 15) is 4.79 Å². The zero-order valence-electron chi connectivity index (χ0n) is 21.6. The maximum Gasteiger partial charge on any atom is 0.152 e. The molecule has 0 aromatic carbocycles. The molecule has 0 radical (unpaired) electrons. The molecule has 0 atom stereocenters. The first kappa shape index (κ1) is 9.85. The molecule has 1 saturated heterocycles. The van der Waals surface area contributed by atoms with Crippen molar-refractivity contribution in [3.05, 3.63) is 54.6 Å². The Bertz CT molecular complexity index is 1210. The molecule has 1 aliphatic rings. The van der Waals surface area contributed by atoms with Crippen molar-refractivity contribution in [3.8, 4) is 11.3 Å². The van der Waals surface area contributed by atoms with Gasteiger partial charge < -0.3 is 4.74 Å². The average Bonchev–Trinajstić information content (AvgIpc) is 2.75. The number of ketones is 1. The molecular formula is C20H20N4O2. The van der Waals surface area contributed by atoms with E-state index in [1.807, 2.05) is 18.2 Å². The highest BCUT2D eigenvalue weighted by Crippen LogP contribution is 2.20. The Morgan fingerprint density at radius 1 is 1.23 bits per heavy atom. The fourth-order valence-electron chi connectivity index (χ4n) is 2.55. The normalized spacial score (nSPS) is 27.5. The topological polar surface area (TPSA) is 68.2 Å². The number of ether oxygens (including phenoxy) is 1. The Kier molecular flexibility index (Phi) is 2.91. The predicted octanol–water partition coefficient (Wildman–Crippen LogP) is 2.14. The third-order valence-corrected chi connectivity index (χ3v) is 3.76. The fourth-order valence-corrected chi connectivity index (χ4v) is 2.55. The van der Waals surface area contributed by atoms with Crippen molar-refractivity contribution < 1.29 is 20.5 Å². The number of hydrogen-bond donors (Lipinski definition) is 0. The van der Waals surface area contributed by atoms with Gasteiger partial charge in [-0.15, -0.1) is 0 Å². The SMILES string of the molecule is [2H]C1([2H])OC([2H])([2H])C([2H])([2H])N(CC(=O)Cc2cc3nc(-c4cccnc4)ccc3cn2)C1([2H])[2H]. The molecule has 0 aliphatic carbocycles. The van der Waals surface area contributed by atoms with Gasteiger partial charge in [-0.1, -0.05) is 0 Å². The minimum absolute atomic E-state index is 0.228. The van der Waals surface area contributed by atoms with Crippen molar-refractivity contribution in [2.24, 2.45) is 0 Å². The third kappa shape index (κ3) is 3.92. The van der Waals surface area contributed by atoms with E-state index in [0.29, 0.717) is 16.9 Å². The van der Waals surface area contributed by atoms with Crippen LogP contribution in [0.3, 0.4) is 0 Å². The maximum absolute atomic E-state index is 12.8. The van der Waals surface area contributed by atoms with Gasteiger partial charge in [0.05, 0.1) is 42.8 Å². The molecule has 26 heavy (non-hydrogen) atoms. The predicted molar refractivity (Wildman–Crippen MR) is 98.7 cm³/mol. The molecule has 132 valence electrons. The van der Waals surface area contributed by atoms with Gasteiger partial charge in [-0.2, -0.15) is 0 Å². The van der Waals surface area contributed by atoms with E-state index < -0.39 is 38.4 Å². The molecule has 4 rings (SSSR count). The van der Waals surface area contributed by atoms with Crippen LogP contribution in [0.2, 0.25) is 0 Å². The zero-order chi connectivity index (χ0) is 24.9. The fraction of sp³-hybridized carbons (Fsp3) is 0.300. The smallest absolute Gasteiger partial charge is 0.152 e. The van der Waals surface area contributed by atoms with Crippen LogP contribution in [0.25, 0.3) is 22.2 Å². The van der Waals surface area contributed by atoms with Gasteiger partial charge in [0.1, 0.15) is 0 Å². The van der Waals surface area contributed by atoms with Gasteiger partial charge in [-0.3, -0.25) is 19.7 Å². The summed E-state index contributed by atoms with van der Waals surface area (Å²) >= 11 is 0. The zero-order valence-corrected chi connectivity index (χ0v) is 13.6. The average molecular weight is 356 g/mol. The quantitative estimate of drug-likeness (QED) is 0.698. The molecule has 0 amide bonds. The molecule has 3 aromatic heterocycles. The van der Waals surface area contributed by atoms with Crippen molar-refractivity contribution in [2.45, 2.75) is 6.42 Å². The summed E-state index contributed by atoms with van der Waals surface area (Å²) < 4.78 is 67.4. The maximum atomic E-state index is 12.8. The summed E-state index contributed by atoms with van der Waals surface area (Å²) in [5.74, 6) is -0.684. The lowest BCUT2D eigenvalue weighted by atomic mass is 10.1. The van der Waals surface area contributed by atoms with Gasteiger partial charge in [0, 0.05) is 53.7 Å². The summed E-state index contributed by atoms with van der Waals surface area (Å²) in [6, 6.07) is 8.87. The van der Waals surface area contributed by atoms with Crippen LogP contribution in [0.5, 0.6) is 0 Å². The standard InChI is InChI=1S/C20H20N4O2/c25-18(14-24-6-8-26-9-7-24)10-17-11-20-16(13-22-17)3-4-19(23-20)15-2-1-5-21-12-15/h1-5,11-13H,6-10,14H2/i6D2,7D2,8D2,9D2. The van der Waals surface area contributed by atoms with Gasteiger partial charge in [-0.25, -0.2) is 4.98 Å². The summed E-state index contributed by atoms with van der Waals surface area (Å²) in [4.78, 5) is 25.9. The van der Waals surface area contributed by atoms with Crippen LogP contribution in [0.15, 0.2) is 48.9 Å². The highest BCUT2D eigenvalue weighted by atomic mass is 16.5. The second-order valence-corrected chi connectivity index (χ2v) is 5.64. The van der Waals surface area contributed by atoms with Crippen LogP contribution < -0.4 is 0 Å². The summed E-state index contributed by atoms with van der Waals surface area (Å²) in [6.45, 7) is -13.5. The molecule has 0 saturated carbocycles. The number of carbonyl (C=O) groups is 1. The van der Waals surface area contributed by atoms with Crippen molar-refractivity contribution in [3.63, 3.8) is 0 Å². The van der Waals surface area contributed by atoms with Crippen molar-refractivity contribution >= 4 is 16.7 Å². The van der Waals surface area contributed by atoms with Gasteiger partial charge in [0.15, 0.2) is 5.78 Å². The molecule has 4 heterocycles. The molecule has 3 aromatic rings. The lowest BCUT2D eigenvalue weighted by Gasteiger charge is -2.25. The second-order valence-electron chi connectivity index (χ2n) is 5.64. The Hall–Kier alpha value is -2.70. The summed E-state index contributed by atoms with van der Waals surface area (Å²) in [7, 11) is 0. The van der Waals surface area contributed by atoms with Crippen molar-refractivity contribution in [1.29, 1.82) is 0 Å². The monoisotopic (exact) mass is 356 g/mol. The highest BCUT2D eigenvalue weighted by Gasteiger charge is 2.15. The van der Waals surface area contributed by atoms with Gasteiger partial charge >= 0.3 is 0 Å². The van der Waals surface area contributed by atoms with E-state index in [0.717, 1.165) is 10.9 Å².